The van der Waals surface area contributed by atoms with E-state index in [-0.39, 0.29) is 18.4 Å². The molecule has 0 amide bonds. The predicted octanol–water partition coefficient (Wildman–Crippen LogP) is 3.55. The topological polar surface area (TPSA) is 46.6 Å². The first-order valence-corrected chi connectivity index (χ1v) is 9.84. The minimum absolute atomic E-state index is 0.00250. The molecule has 2 aromatic carbocycles. The summed E-state index contributed by atoms with van der Waals surface area (Å²) in [5, 5.41) is 0.597. The molecule has 1 aliphatic rings. The largest absolute Gasteiger partial charge is 0.371 e. The van der Waals surface area contributed by atoms with Gasteiger partial charge in [-0.3, -0.25) is 0 Å². The van der Waals surface area contributed by atoms with Crippen molar-refractivity contribution in [3.63, 3.8) is 0 Å². The molecule has 1 heterocycles. The first-order valence-electron chi connectivity index (χ1n) is 7.85. The van der Waals surface area contributed by atoms with Gasteiger partial charge in [0, 0.05) is 23.7 Å². The van der Waals surface area contributed by atoms with Crippen LogP contribution in [0.2, 0.25) is 5.02 Å². The molecular weight excluding hydrogens is 346 g/mol. The Labute approximate surface area is 148 Å². The van der Waals surface area contributed by atoms with E-state index in [4.69, 9.17) is 16.3 Å². The smallest absolute Gasteiger partial charge is 0.218 e. The molecule has 0 aromatic heterocycles. The third kappa shape index (κ3) is 3.98. The van der Waals surface area contributed by atoms with Crippen LogP contribution in [-0.2, 0) is 20.5 Å². The van der Waals surface area contributed by atoms with Crippen molar-refractivity contribution in [1.29, 1.82) is 0 Å². The fourth-order valence-corrected chi connectivity index (χ4v) is 4.56. The lowest BCUT2D eigenvalue weighted by molar-refractivity contribution is -0.00254. The predicted molar refractivity (Wildman–Crippen MR) is 95.5 cm³/mol. The van der Waals surface area contributed by atoms with Crippen LogP contribution in [0.25, 0.3) is 0 Å². The summed E-state index contributed by atoms with van der Waals surface area (Å²) in [5.74, 6) is 0.00250. The minimum Gasteiger partial charge on any atom is -0.371 e. The lowest BCUT2D eigenvalue weighted by Crippen LogP contribution is -2.42. The van der Waals surface area contributed by atoms with Crippen LogP contribution >= 0.6 is 11.6 Å². The lowest BCUT2D eigenvalue weighted by Gasteiger charge is -2.32. The number of morpholine rings is 1. The molecule has 1 unspecified atom stereocenters. The highest BCUT2D eigenvalue weighted by Crippen LogP contribution is 2.29. The van der Waals surface area contributed by atoms with Crippen molar-refractivity contribution in [2.24, 2.45) is 0 Å². The second kappa shape index (κ2) is 7.23. The lowest BCUT2D eigenvalue weighted by atomic mass is 10.1. The van der Waals surface area contributed by atoms with Gasteiger partial charge in [-0.1, -0.05) is 59.6 Å². The standard InChI is InChI=1S/C18H20ClNO3S/c1-14-6-8-15(9-7-14)13-24(21,22)20-10-11-23-18(12-20)16-4-2-3-5-17(16)19/h2-9,18H,10-13H2,1H3. The van der Waals surface area contributed by atoms with E-state index in [0.29, 0.717) is 18.2 Å². The Morgan fingerprint density at radius 1 is 1.17 bits per heavy atom. The fourth-order valence-electron chi connectivity index (χ4n) is 2.79. The van der Waals surface area contributed by atoms with Crippen LogP contribution in [0.15, 0.2) is 48.5 Å². The van der Waals surface area contributed by atoms with Crippen molar-refractivity contribution in [2.45, 2.75) is 18.8 Å². The van der Waals surface area contributed by atoms with E-state index in [1.165, 1.54) is 4.31 Å². The van der Waals surface area contributed by atoms with Crippen LogP contribution in [0.3, 0.4) is 0 Å². The van der Waals surface area contributed by atoms with Crippen LogP contribution in [0, 0.1) is 6.92 Å². The number of aryl methyl sites for hydroxylation is 1. The van der Waals surface area contributed by atoms with Gasteiger partial charge in [-0.05, 0) is 18.6 Å². The van der Waals surface area contributed by atoms with Crippen LogP contribution < -0.4 is 0 Å². The molecule has 1 atom stereocenters. The van der Waals surface area contributed by atoms with Crippen molar-refractivity contribution >= 4 is 21.6 Å². The summed E-state index contributed by atoms with van der Waals surface area (Å²) in [6.45, 7) is 3.00. The third-order valence-corrected chi connectivity index (χ3v) is 6.31. The normalized spacial score (nSPS) is 19.3. The van der Waals surface area contributed by atoms with Gasteiger partial charge in [-0.25, -0.2) is 8.42 Å². The molecule has 0 spiro atoms. The Kier molecular flexibility index (Phi) is 5.25. The van der Waals surface area contributed by atoms with Crippen molar-refractivity contribution in [3.8, 4) is 0 Å². The molecular formula is C18H20ClNO3S. The van der Waals surface area contributed by atoms with Gasteiger partial charge >= 0.3 is 0 Å². The van der Waals surface area contributed by atoms with Crippen molar-refractivity contribution in [1.82, 2.24) is 4.31 Å². The highest BCUT2D eigenvalue weighted by molar-refractivity contribution is 7.88. The Morgan fingerprint density at radius 3 is 2.58 bits per heavy atom. The summed E-state index contributed by atoms with van der Waals surface area (Å²) in [4.78, 5) is 0. The summed E-state index contributed by atoms with van der Waals surface area (Å²) in [7, 11) is -3.39. The average Bonchev–Trinajstić information content (AvgIpc) is 2.57. The minimum atomic E-state index is -3.39. The summed E-state index contributed by atoms with van der Waals surface area (Å²) in [6, 6.07) is 15.0. The number of ether oxygens (including phenoxy) is 1. The quantitative estimate of drug-likeness (QED) is 0.832. The average molecular weight is 366 g/mol. The van der Waals surface area contributed by atoms with E-state index >= 15 is 0 Å². The maximum absolute atomic E-state index is 12.7. The maximum Gasteiger partial charge on any atom is 0.218 e. The second-order valence-corrected chi connectivity index (χ2v) is 8.36. The van der Waals surface area contributed by atoms with Crippen LogP contribution in [0.5, 0.6) is 0 Å². The molecule has 0 N–H and O–H groups in total. The monoisotopic (exact) mass is 365 g/mol. The summed E-state index contributed by atoms with van der Waals surface area (Å²) in [6.07, 6.45) is -0.333. The number of rotatable bonds is 4. The Bertz CT molecular complexity index is 805. The van der Waals surface area contributed by atoms with E-state index in [1.54, 1.807) is 6.07 Å². The third-order valence-electron chi connectivity index (χ3n) is 4.14. The Balaban J connectivity index is 1.76. The SMILES string of the molecule is Cc1ccc(CS(=O)(=O)N2CCOC(c3ccccc3Cl)C2)cc1. The number of hydrogen-bond donors (Lipinski definition) is 0. The van der Waals surface area contributed by atoms with Gasteiger partial charge in [0.1, 0.15) is 0 Å². The van der Waals surface area contributed by atoms with Gasteiger partial charge in [0.15, 0.2) is 0 Å². The summed E-state index contributed by atoms with van der Waals surface area (Å²) >= 11 is 6.22. The molecule has 0 bridgehead atoms. The van der Waals surface area contributed by atoms with Gasteiger partial charge in [-0.15, -0.1) is 0 Å². The first-order chi connectivity index (χ1) is 11.5. The molecule has 1 fully saturated rings. The Hall–Kier alpha value is -1.40. The molecule has 2 aromatic rings. The zero-order valence-corrected chi connectivity index (χ0v) is 15.1. The van der Waals surface area contributed by atoms with Crippen LogP contribution in [0.1, 0.15) is 22.8 Å². The highest BCUT2D eigenvalue weighted by atomic mass is 35.5. The van der Waals surface area contributed by atoms with Gasteiger partial charge in [0.2, 0.25) is 10.0 Å². The number of halogens is 1. The number of sulfonamides is 1. The Morgan fingerprint density at radius 2 is 1.88 bits per heavy atom. The van der Waals surface area contributed by atoms with Gasteiger partial charge in [0.25, 0.3) is 0 Å². The molecule has 0 saturated carbocycles. The molecule has 0 aliphatic carbocycles. The molecule has 24 heavy (non-hydrogen) atoms. The zero-order chi connectivity index (χ0) is 17.2. The second-order valence-electron chi connectivity index (χ2n) is 5.98. The van der Waals surface area contributed by atoms with Gasteiger partial charge in [0.05, 0.1) is 18.5 Å². The van der Waals surface area contributed by atoms with E-state index in [2.05, 4.69) is 0 Å². The molecule has 0 radical (unpaired) electrons. The number of hydrogen-bond acceptors (Lipinski definition) is 3. The van der Waals surface area contributed by atoms with Crippen LogP contribution in [0.4, 0.5) is 0 Å². The molecule has 6 heteroatoms. The van der Waals surface area contributed by atoms with Gasteiger partial charge < -0.3 is 4.74 Å². The van der Waals surface area contributed by atoms with E-state index < -0.39 is 10.0 Å². The molecule has 1 saturated heterocycles. The fraction of sp³-hybridized carbons (Fsp3) is 0.333. The van der Waals surface area contributed by atoms with Crippen molar-refractivity contribution < 1.29 is 13.2 Å². The maximum atomic E-state index is 12.7. The first kappa shape index (κ1) is 17.4. The highest BCUT2D eigenvalue weighted by Gasteiger charge is 2.31. The summed E-state index contributed by atoms with van der Waals surface area (Å²) in [5.41, 5.74) is 2.73. The molecule has 3 rings (SSSR count). The van der Waals surface area contributed by atoms with Crippen molar-refractivity contribution in [3.05, 3.63) is 70.2 Å². The van der Waals surface area contributed by atoms with E-state index in [0.717, 1.165) is 16.7 Å². The molecule has 1 aliphatic heterocycles. The van der Waals surface area contributed by atoms with Crippen molar-refractivity contribution in [2.75, 3.05) is 19.7 Å². The van der Waals surface area contributed by atoms with E-state index in [1.807, 2.05) is 49.4 Å². The van der Waals surface area contributed by atoms with Crippen LogP contribution in [-0.4, -0.2) is 32.4 Å². The van der Waals surface area contributed by atoms with Gasteiger partial charge in [-0.2, -0.15) is 4.31 Å². The summed E-state index contributed by atoms with van der Waals surface area (Å²) < 4.78 is 32.7. The zero-order valence-electron chi connectivity index (χ0n) is 13.5. The number of nitrogens with zero attached hydrogens (tertiary/aromatic N) is 1. The number of benzene rings is 2. The van der Waals surface area contributed by atoms with E-state index in [9.17, 15) is 8.42 Å². The molecule has 128 valence electrons. The molecule has 4 nitrogen and oxygen atoms in total.